The lowest BCUT2D eigenvalue weighted by Gasteiger charge is -2.41. The van der Waals surface area contributed by atoms with Gasteiger partial charge >= 0.3 is 0 Å². The van der Waals surface area contributed by atoms with E-state index in [4.69, 9.17) is 16.6 Å². The van der Waals surface area contributed by atoms with Crippen LogP contribution in [0, 0.1) is 0 Å². The molecule has 1 unspecified atom stereocenters. The first-order valence-electron chi connectivity index (χ1n) is 15.1. The average molecular weight is 620 g/mol. The van der Waals surface area contributed by atoms with Gasteiger partial charge in [0.1, 0.15) is 11.7 Å². The fourth-order valence-corrected chi connectivity index (χ4v) is 6.62. The lowest BCUT2D eigenvalue weighted by molar-refractivity contribution is 0.0876. The Morgan fingerprint density at radius 1 is 0.889 bits per heavy atom. The van der Waals surface area contributed by atoms with E-state index in [1.807, 2.05) is 56.3 Å². The number of para-hydroxylation sites is 1. The van der Waals surface area contributed by atoms with Gasteiger partial charge in [0.05, 0.1) is 5.54 Å². The van der Waals surface area contributed by atoms with Crippen LogP contribution in [0.3, 0.4) is 0 Å². The molecule has 45 heavy (non-hydrogen) atoms. The minimum Gasteiger partial charge on any atom is -0.377 e. The van der Waals surface area contributed by atoms with Gasteiger partial charge in [0.2, 0.25) is 5.95 Å². The smallest absolute Gasteiger partial charge is 0.260 e. The highest BCUT2D eigenvalue weighted by Crippen LogP contribution is 2.39. The Hall–Kier alpha value is -4.73. The quantitative estimate of drug-likeness (QED) is 0.239. The highest BCUT2D eigenvalue weighted by Gasteiger charge is 2.44. The van der Waals surface area contributed by atoms with Crippen molar-refractivity contribution < 1.29 is 4.79 Å². The van der Waals surface area contributed by atoms with Crippen LogP contribution in [0.2, 0.25) is 5.02 Å². The van der Waals surface area contributed by atoms with Gasteiger partial charge in [0, 0.05) is 76.5 Å². The van der Waals surface area contributed by atoms with Crippen LogP contribution in [0.4, 0.5) is 23.0 Å². The third kappa shape index (κ3) is 5.32. The molecule has 1 saturated heterocycles. The SMILES string of the molecule is CN1CCN(c2ccc(Nc3ncc4cc(-c5ccccc5Cl)c(=O)n(C5C(=O)c6ccccc6NC5(C)C)c4n3)cc2)CC1. The Morgan fingerprint density at radius 3 is 2.31 bits per heavy atom. The second-order valence-electron chi connectivity index (χ2n) is 12.3. The molecule has 0 aliphatic carbocycles. The first kappa shape index (κ1) is 29.0. The van der Waals surface area contributed by atoms with Gasteiger partial charge in [-0.25, -0.2) is 4.98 Å². The molecular formula is C35H34ClN7O2. The number of halogens is 1. The summed E-state index contributed by atoms with van der Waals surface area (Å²) in [6.45, 7) is 7.89. The minimum atomic E-state index is -0.893. The summed E-state index contributed by atoms with van der Waals surface area (Å²) in [6, 6.07) is 23.6. The zero-order valence-electron chi connectivity index (χ0n) is 25.4. The number of carbonyl (C=O) groups excluding carboxylic acids is 1. The first-order chi connectivity index (χ1) is 21.7. The lowest BCUT2D eigenvalue weighted by Crippen LogP contribution is -2.51. The van der Waals surface area contributed by atoms with Gasteiger partial charge in [-0.15, -0.1) is 0 Å². The van der Waals surface area contributed by atoms with Crippen molar-refractivity contribution in [3.63, 3.8) is 0 Å². The van der Waals surface area contributed by atoms with Crippen molar-refractivity contribution in [1.82, 2.24) is 19.4 Å². The Labute approximate surface area is 266 Å². The number of nitrogens with one attached hydrogen (secondary N) is 2. The molecule has 2 aromatic heterocycles. The van der Waals surface area contributed by atoms with Crippen LogP contribution in [-0.2, 0) is 0 Å². The molecule has 7 rings (SSSR count). The molecule has 2 N–H and O–H groups in total. The summed E-state index contributed by atoms with van der Waals surface area (Å²) in [5.41, 5.74) is 3.38. The van der Waals surface area contributed by atoms with Crippen molar-refractivity contribution in [2.24, 2.45) is 0 Å². The van der Waals surface area contributed by atoms with Gasteiger partial charge in [0.25, 0.3) is 5.56 Å². The molecule has 9 nitrogen and oxygen atoms in total. The molecule has 228 valence electrons. The maximum atomic E-state index is 14.5. The van der Waals surface area contributed by atoms with E-state index in [2.05, 4.69) is 44.6 Å². The van der Waals surface area contributed by atoms with Crippen molar-refractivity contribution in [1.29, 1.82) is 0 Å². The number of Topliss-reactive ketones (excluding diaryl/α,β-unsaturated/α-hetero) is 1. The summed E-state index contributed by atoms with van der Waals surface area (Å²) < 4.78 is 1.52. The summed E-state index contributed by atoms with van der Waals surface area (Å²) in [5, 5.41) is 7.85. The van der Waals surface area contributed by atoms with E-state index >= 15 is 0 Å². The number of likely N-dealkylation sites (N-methyl/N-ethyl adjacent to an activating group) is 1. The number of aromatic nitrogens is 3. The highest BCUT2D eigenvalue weighted by molar-refractivity contribution is 6.33. The Balaban J connectivity index is 1.33. The molecule has 1 atom stereocenters. The van der Waals surface area contributed by atoms with Gasteiger partial charge in [-0.1, -0.05) is 41.9 Å². The number of anilines is 4. The summed E-state index contributed by atoms with van der Waals surface area (Å²) in [5.74, 6) is 0.157. The van der Waals surface area contributed by atoms with Crippen molar-refractivity contribution in [2.45, 2.75) is 25.4 Å². The Kier molecular flexibility index (Phi) is 7.30. The molecule has 5 aromatic rings. The van der Waals surface area contributed by atoms with Gasteiger partial charge in [0.15, 0.2) is 5.78 Å². The average Bonchev–Trinajstić information content (AvgIpc) is 3.03. The molecular weight excluding hydrogens is 586 g/mol. The van der Waals surface area contributed by atoms with E-state index in [1.165, 1.54) is 10.3 Å². The number of nitrogens with zero attached hydrogens (tertiary/aromatic N) is 5. The fourth-order valence-electron chi connectivity index (χ4n) is 6.38. The normalized spacial score (nSPS) is 18.0. The number of benzene rings is 3. The molecule has 1 fully saturated rings. The lowest BCUT2D eigenvalue weighted by atomic mass is 9.82. The molecule has 4 heterocycles. The Morgan fingerprint density at radius 2 is 1.58 bits per heavy atom. The standard InChI is InChI=1S/C35H34ClN7O2/c1-35(2)31(30(44)26-9-5-7-11-29(26)40-35)43-32-22(20-27(33(43)45)25-8-4-6-10-28(25)36)21-37-34(39-32)38-23-12-14-24(15-13-23)42-18-16-41(3)17-19-42/h4-15,20-21,31,40H,16-19H2,1-3H3,(H,37,38,39). The van der Waals surface area contributed by atoms with E-state index in [-0.39, 0.29) is 11.3 Å². The van der Waals surface area contributed by atoms with E-state index < -0.39 is 11.6 Å². The molecule has 0 spiro atoms. The third-order valence-corrected chi connectivity index (χ3v) is 9.10. The van der Waals surface area contributed by atoms with Gasteiger partial charge < -0.3 is 20.4 Å². The summed E-state index contributed by atoms with van der Waals surface area (Å²) in [7, 11) is 2.14. The second-order valence-corrected chi connectivity index (χ2v) is 12.7. The topological polar surface area (TPSA) is 95.4 Å². The van der Waals surface area contributed by atoms with Crippen molar-refractivity contribution in [3.8, 4) is 11.1 Å². The number of ketones is 1. The van der Waals surface area contributed by atoms with Gasteiger partial charge in [-0.3, -0.25) is 14.2 Å². The second kappa shape index (κ2) is 11.3. The van der Waals surface area contributed by atoms with E-state index in [1.54, 1.807) is 30.5 Å². The molecule has 0 bridgehead atoms. The van der Waals surface area contributed by atoms with E-state index in [9.17, 15) is 9.59 Å². The number of carbonyl (C=O) groups is 1. The monoisotopic (exact) mass is 619 g/mol. The molecule has 0 amide bonds. The van der Waals surface area contributed by atoms with Crippen molar-refractivity contribution >= 4 is 51.4 Å². The minimum absolute atomic E-state index is 0.165. The highest BCUT2D eigenvalue weighted by atomic mass is 35.5. The maximum Gasteiger partial charge on any atom is 0.260 e. The number of rotatable bonds is 5. The van der Waals surface area contributed by atoms with E-state index in [0.29, 0.717) is 38.7 Å². The van der Waals surface area contributed by atoms with Crippen LogP contribution in [0.25, 0.3) is 22.2 Å². The van der Waals surface area contributed by atoms with Crippen LogP contribution in [0.1, 0.15) is 30.2 Å². The molecule has 0 radical (unpaired) electrons. The maximum absolute atomic E-state index is 14.5. The van der Waals surface area contributed by atoms with Crippen molar-refractivity contribution in [3.05, 3.63) is 106 Å². The predicted molar refractivity (Wildman–Crippen MR) is 181 cm³/mol. The van der Waals surface area contributed by atoms with Crippen LogP contribution < -0.4 is 21.1 Å². The number of pyridine rings is 1. The summed E-state index contributed by atoms with van der Waals surface area (Å²) >= 11 is 6.58. The number of fused-ring (bicyclic) bond motifs is 2. The third-order valence-electron chi connectivity index (χ3n) is 8.77. The van der Waals surface area contributed by atoms with Crippen LogP contribution in [-0.4, -0.2) is 64.0 Å². The fraction of sp³-hybridized carbons (Fsp3) is 0.257. The zero-order valence-corrected chi connectivity index (χ0v) is 26.2. The van der Waals surface area contributed by atoms with Crippen molar-refractivity contribution in [2.75, 3.05) is 48.8 Å². The molecule has 2 aliphatic heterocycles. The van der Waals surface area contributed by atoms with Crippen LogP contribution in [0.15, 0.2) is 89.9 Å². The van der Waals surface area contributed by atoms with Gasteiger partial charge in [-0.05, 0) is 69.4 Å². The molecule has 10 heteroatoms. The first-order valence-corrected chi connectivity index (χ1v) is 15.5. The van der Waals surface area contributed by atoms with Crippen LogP contribution in [0.5, 0.6) is 0 Å². The predicted octanol–water partition coefficient (Wildman–Crippen LogP) is 6.24. The largest absolute Gasteiger partial charge is 0.377 e. The Bertz CT molecular complexity index is 1980. The van der Waals surface area contributed by atoms with E-state index in [0.717, 1.165) is 37.6 Å². The summed E-state index contributed by atoms with van der Waals surface area (Å²) in [4.78, 5) is 42.9. The zero-order chi connectivity index (χ0) is 31.3. The summed E-state index contributed by atoms with van der Waals surface area (Å²) in [6.07, 6.45) is 1.68. The number of piperazine rings is 1. The molecule has 3 aromatic carbocycles. The van der Waals surface area contributed by atoms with Crippen LogP contribution >= 0.6 is 11.6 Å². The molecule has 2 aliphatic rings. The number of hydrogen-bond acceptors (Lipinski definition) is 8. The van der Waals surface area contributed by atoms with Gasteiger partial charge in [-0.2, -0.15) is 4.98 Å². The molecule has 0 saturated carbocycles. The number of hydrogen-bond donors (Lipinski definition) is 2.